The summed E-state index contributed by atoms with van der Waals surface area (Å²) in [6, 6.07) is 3.27. The average Bonchev–Trinajstić information content (AvgIpc) is 3.27. The Labute approximate surface area is 143 Å². The molecule has 0 atom stereocenters. The van der Waals surface area contributed by atoms with E-state index in [1.807, 2.05) is 0 Å². The molecule has 7 heteroatoms. The second-order valence-electron chi connectivity index (χ2n) is 7.50. The van der Waals surface area contributed by atoms with Crippen LogP contribution in [-0.2, 0) is 10.0 Å². The third kappa shape index (κ3) is 4.42. The minimum Gasteiger partial charge on any atom is -0.261 e. The van der Waals surface area contributed by atoms with E-state index in [0.717, 1.165) is 31.4 Å². The molecule has 1 saturated carbocycles. The maximum Gasteiger partial charge on any atom is 0.242 e. The maximum atomic E-state index is 12.1. The van der Waals surface area contributed by atoms with Gasteiger partial charge in [-0.3, -0.25) is 5.43 Å². The van der Waals surface area contributed by atoms with Crippen LogP contribution >= 0.6 is 0 Å². The Morgan fingerprint density at radius 1 is 1.25 bits per heavy atom. The Balaban J connectivity index is 1.68. The van der Waals surface area contributed by atoms with Crippen LogP contribution in [0, 0.1) is 5.41 Å². The van der Waals surface area contributed by atoms with Gasteiger partial charge in [-0.2, -0.15) is 5.10 Å². The van der Waals surface area contributed by atoms with Crippen LogP contribution in [0.3, 0.4) is 0 Å². The van der Waals surface area contributed by atoms with Gasteiger partial charge in [0.15, 0.2) is 0 Å². The van der Waals surface area contributed by atoms with Gasteiger partial charge in [-0.05, 0) is 56.2 Å². The molecule has 0 spiro atoms. The summed E-state index contributed by atoms with van der Waals surface area (Å²) in [5.41, 5.74) is 5.43. The fourth-order valence-electron chi connectivity index (χ4n) is 2.99. The molecule has 24 heavy (non-hydrogen) atoms. The molecule has 0 aromatic carbocycles. The lowest BCUT2D eigenvalue weighted by Gasteiger charge is -2.29. The molecule has 0 amide bonds. The molecule has 0 bridgehead atoms. The van der Waals surface area contributed by atoms with Crippen molar-refractivity contribution in [2.24, 2.45) is 10.5 Å². The lowest BCUT2D eigenvalue weighted by molar-refractivity contribution is 0.373. The monoisotopic (exact) mass is 348 g/mol. The van der Waals surface area contributed by atoms with Crippen molar-refractivity contribution in [3.63, 3.8) is 0 Å². The van der Waals surface area contributed by atoms with Crippen LogP contribution in [0.1, 0.15) is 46.5 Å². The summed E-state index contributed by atoms with van der Waals surface area (Å²) < 4.78 is 26.8. The van der Waals surface area contributed by atoms with Gasteiger partial charge in [-0.25, -0.2) is 18.1 Å². The first-order valence-electron chi connectivity index (χ1n) is 8.22. The predicted molar refractivity (Wildman–Crippen MR) is 95.4 cm³/mol. The van der Waals surface area contributed by atoms with E-state index in [2.05, 4.69) is 47.1 Å². The Bertz CT molecular complexity index is 775. The molecule has 0 aliphatic heterocycles. The largest absolute Gasteiger partial charge is 0.261 e. The fraction of sp³-hybridized carbons (Fsp3) is 0.529. The summed E-state index contributed by atoms with van der Waals surface area (Å²) in [6.07, 6.45) is 7.25. The van der Waals surface area contributed by atoms with Crippen LogP contribution in [0.4, 0.5) is 5.82 Å². The van der Waals surface area contributed by atoms with Gasteiger partial charge in [0, 0.05) is 12.2 Å². The molecule has 0 unspecified atom stereocenters. The van der Waals surface area contributed by atoms with E-state index in [9.17, 15) is 8.42 Å². The molecular weight excluding hydrogens is 324 g/mol. The van der Waals surface area contributed by atoms with Crippen molar-refractivity contribution in [3.8, 4) is 0 Å². The first-order valence-corrected chi connectivity index (χ1v) is 9.70. The Kier molecular flexibility index (Phi) is 4.48. The van der Waals surface area contributed by atoms with Crippen molar-refractivity contribution in [2.45, 2.75) is 57.4 Å². The van der Waals surface area contributed by atoms with Gasteiger partial charge >= 0.3 is 0 Å². The Morgan fingerprint density at radius 2 is 2.00 bits per heavy atom. The highest BCUT2D eigenvalue weighted by atomic mass is 32.2. The van der Waals surface area contributed by atoms with Crippen LogP contribution in [0.15, 0.2) is 40.0 Å². The Morgan fingerprint density at radius 3 is 2.58 bits per heavy atom. The predicted octanol–water partition coefficient (Wildman–Crippen LogP) is 3.06. The zero-order valence-electron chi connectivity index (χ0n) is 14.3. The smallest absolute Gasteiger partial charge is 0.242 e. The molecule has 6 nitrogen and oxygen atoms in total. The number of hydrazone groups is 1. The first-order chi connectivity index (χ1) is 11.2. The highest BCUT2D eigenvalue weighted by Gasteiger charge is 2.28. The number of pyridine rings is 1. The van der Waals surface area contributed by atoms with Crippen molar-refractivity contribution in [1.82, 2.24) is 9.71 Å². The van der Waals surface area contributed by atoms with Gasteiger partial charge < -0.3 is 0 Å². The number of nitrogens with zero attached hydrogens (tertiary/aromatic N) is 2. The second-order valence-corrected chi connectivity index (χ2v) is 9.21. The number of nitrogens with one attached hydrogen (secondary N) is 2. The summed E-state index contributed by atoms with van der Waals surface area (Å²) >= 11 is 0. The summed E-state index contributed by atoms with van der Waals surface area (Å²) in [4.78, 5) is 4.34. The molecular formula is C17H24N4O2S. The third-order valence-electron chi connectivity index (χ3n) is 4.09. The number of hydrogen-bond acceptors (Lipinski definition) is 5. The van der Waals surface area contributed by atoms with Gasteiger partial charge in [-0.1, -0.05) is 19.4 Å². The summed E-state index contributed by atoms with van der Waals surface area (Å²) in [5, 5.41) is 4.41. The second kappa shape index (κ2) is 6.29. The van der Waals surface area contributed by atoms with E-state index in [4.69, 9.17) is 0 Å². The minimum atomic E-state index is -3.46. The highest BCUT2D eigenvalue weighted by Crippen LogP contribution is 2.33. The lowest BCUT2D eigenvalue weighted by atomic mass is 9.77. The lowest BCUT2D eigenvalue weighted by Crippen LogP contribution is -2.25. The van der Waals surface area contributed by atoms with E-state index < -0.39 is 10.0 Å². The average molecular weight is 348 g/mol. The Hall–Kier alpha value is -1.73. The van der Waals surface area contributed by atoms with Crippen LogP contribution in [0.25, 0.3) is 0 Å². The zero-order chi connectivity index (χ0) is 17.4. The van der Waals surface area contributed by atoms with Crippen LogP contribution in [0.2, 0.25) is 0 Å². The van der Waals surface area contributed by atoms with Gasteiger partial charge in [0.1, 0.15) is 10.7 Å². The first kappa shape index (κ1) is 17.1. The van der Waals surface area contributed by atoms with Crippen molar-refractivity contribution in [1.29, 1.82) is 0 Å². The topological polar surface area (TPSA) is 83.5 Å². The number of rotatable bonds is 5. The van der Waals surface area contributed by atoms with Crippen molar-refractivity contribution >= 4 is 21.6 Å². The minimum absolute atomic E-state index is 0.0869. The number of sulfonamides is 1. The number of aromatic nitrogens is 1. The van der Waals surface area contributed by atoms with Gasteiger partial charge in [-0.15, -0.1) is 0 Å². The van der Waals surface area contributed by atoms with E-state index in [0.29, 0.717) is 5.82 Å². The third-order valence-corrected chi connectivity index (χ3v) is 5.60. The zero-order valence-corrected chi connectivity index (χ0v) is 15.2. The molecule has 1 aromatic heterocycles. The number of hydrogen-bond donors (Lipinski definition) is 2. The summed E-state index contributed by atoms with van der Waals surface area (Å²) in [6.45, 7) is 6.56. The molecule has 2 aliphatic carbocycles. The van der Waals surface area contributed by atoms with E-state index in [1.54, 1.807) is 12.1 Å². The van der Waals surface area contributed by atoms with E-state index >= 15 is 0 Å². The maximum absolute atomic E-state index is 12.1. The molecule has 1 aromatic rings. The molecule has 1 fully saturated rings. The van der Waals surface area contributed by atoms with E-state index in [-0.39, 0.29) is 16.4 Å². The quantitative estimate of drug-likeness (QED) is 0.801. The number of anilines is 1. The van der Waals surface area contributed by atoms with Crippen LogP contribution in [-0.4, -0.2) is 25.2 Å². The SMILES string of the molecule is CC1=C/C(=N\Nc2ccc(S(=O)(=O)NC3CC3)cn2)CC(C)(C)C1. The number of allylic oxidation sites excluding steroid dienone is 2. The van der Waals surface area contributed by atoms with E-state index in [1.165, 1.54) is 11.8 Å². The summed E-state index contributed by atoms with van der Waals surface area (Å²) in [7, 11) is -3.46. The van der Waals surface area contributed by atoms with Gasteiger partial charge in [0.2, 0.25) is 10.0 Å². The standard InChI is InChI=1S/C17H24N4O2S/c1-12-8-14(10-17(2,3)9-12)19-20-16-7-6-15(11-18-16)24(22,23)21-13-4-5-13/h6-8,11,13,21H,4-5,9-10H2,1-3H3,(H,18,20)/b19-14+. The molecule has 1 heterocycles. The van der Waals surface area contributed by atoms with Crippen LogP contribution < -0.4 is 10.1 Å². The van der Waals surface area contributed by atoms with Gasteiger partial charge in [0.05, 0.1) is 5.71 Å². The van der Waals surface area contributed by atoms with Crippen LogP contribution in [0.5, 0.6) is 0 Å². The van der Waals surface area contributed by atoms with Crippen molar-refractivity contribution < 1.29 is 8.42 Å². The molecule has 2 aliphatic rings. The van der Waals surface area contributed by atoms with Gasteiger partial charge in [0.25, 0.3) is 0 Å². The highest BCUT2D eigenvalue weighted by molar-refractivity contribution is 7.89. The van der Waals surface area contributed by atoms with Crippen molar-refractivity contribution in [2.75, 3.05) is 5.43 Å². The fourth-order valence-corrected chi connectivity index (χ4v) is 4.24. The molecule has 3 rings (SSSR count). The summed E-state index contributed by atoms with van der Waals surface area (Å²) in [5.74, 6) is 0.530. The normalized spacial score (nSPS) is 22.3. The molecule has 130 valence electrons. The van der Waals surface area contributed by atoms with Crippen molar-refractivity contribution in [3.05, 3.63) is 30.0 Å². The molecule has 0 saturated heterocycles. The molecule has 2 N–H and O–H groups in total. The molecule has 0 radical (unpaired) electrons.